The standard InChI is InChI=1S/C27H25N3O2/c31-27(32)24-6-3-5-23(18-24)21-10-8-20(9-11-21)19-29-14-16-30(17-15-29)26-13-12-22-4-1-2-7-25(22)28-26/h1-13,18H,14-17,19H2,(H,31,32). The third-order valence-electron chi connectivity index (χ3n) is 6.08. The van der Waals surface area contributed by atoms with E-state index in [1.807, 2.05) is 18.2 Å². The van der Waals surface area contributed by atoms with Crippen LogP contribution in [0, 0.1) is 0 Å². The van der Waals surface area contributed by atoms with Crippen molar-refractivity contribution >= 4 is 22.7 Å². The molecule has 2 heterocycles. The van der Waals surface area contributed by atoms with Crippen LogP contribution < -0.4 is 4.90 Å². The van der Waals surface area contributed by atoms with E-state index in [2.05, 4.69) is 58.3 Å². The maximum absolute atomic E-state index is 11.2. The Morgan fingerprint density at radius 1 is 0.812 bits per heavy atom. The number of hydrogen-bond acceptors (Lipinski definition) is 4. The van der Waals surface area contributed by atoms with Crippen molar-refractivity contribution in [3.63, 3.8) is 0 Å². The Hall–Kier alpha value is -3.70. The quantitative estimate of drug-likeness (QED) is 0.494. The van der Waals surface area contributed by atoms with Crippen molar-refractivity contribution in [3.05, 3.63) is 96.1 Å². The molecule has 0 aliphatic carbocycles. The fourth-order valence-electron chi connectivity index (χ4n) is 4.26. The average molecular weight is 424 g/mol. The number of anilines is 1. The summed E-state index contributed by atoms with van der Waals surface area (Å²) >= 11 is 0. The highest BCUT2D eigenvalue weighted by Gasteiger charge is 2.18. The molecule has 0 atom stereocenters. The minimum atomic E-state index is -0.901. The zero-order valence-electron chi connectivity index (χ0n) is 17.8. The van der Waals surface area contributed by atoms with Crippen LogP contribution in [0.15, 0.2) is 84.9 Å². The molecule has 1 aliphatic heterocycles. The van der Waals surface area contributed by atoms with Gasteiger partial charge in [-0.1, -0.05) is 54.6 Å². The summed E-state index contributed by atoms with van der Waals surface area (Å²) in [5.41, 5.74) is 4.57. The maximum atomic E-state index is 11.2. The van der Waals surface area contributed by atoms with Crippen LogP contribution in [0.3, 0.4) is 0 Å². The first-order chi connectivity index (χ1) is 15.7. The van der Waals surface area contributed by atoms with E-state index < -0.39 is 5.97 Å². The highest BCUT2D eigenvalue weighted by molar-refractivity contribution is 5.89. The van der Waals surface area contributed by atoms with Crippen molar-refractivity contribution < 1.29 is 9.90 Å². The molecular weight excluding hydrogens is 398 g/mol. The summed E-state index contributed by atoms with van der Waals surface area (Å²) in [5.74, 6) is 0.151. The number of aromatic nitrogens is 1. The van der Waals surface area contributed by atoms with Crippen LogP contribution >= 0.6 is 0 Å². The Morgan fingerprint density at radius 2 is 1.59 bits per heavy atom. The highest BCUT2D eigenvalue weighted by Crippen LogP contribution is 2.23. The van der Waals surface area contributed by atoms with Crippen LogP contribution in [0.25, 0.3) is 22.0 Å². The molecule has 3 aromatic carbocycles. The second-order valence-corrected chi connectivity index (χ2v) is 8.21. The van der Waals surface area contributed by atoms with Gasteiger partial charge in [0.25, 0.3) is 0 Å². The number of hydrogen-bond donors (Lipinski definition) is 1. The third-order valence-corrected chi connectivity index (χ3v) is 6.08. The van der Waals surface area contributed by atoms with Gasteiger partial charge in [0, 0.05) is 38.1 Å². The highest BCUT2D eigenvalue weighted by atomic mass is 16.4. The Kier molecular flexibility index (Phi) is 5.57. The fraction of sp³-hybridized carbons (Fsp3) is 0.185. The molecule has 5 heteroatoms. The number of para-hydroxylation sites is 1. The first-order valence-corrected chi connectivity index (χ1v) is 10.9. The maximum Gasteiger partial charge on any atom is 0.335 e. The average Bonchev–Trinajstić information content (AvgIpc) is 2.85. The topological polar surface area (TPSA) is 56.7 Å². The minimum Gasteiger partial charge on any atom is -0.478 e. The van der Waals surface area contributed by atoms with Crippen LogP contribution in [0.4, 0.5) is 5.82 Å². The number of carboxylic acids is 1. The van der Waals surface area contributed by atoms with E-state index >= 15 is 0 Å². The summed E-state index contributed by atoms with van der Waals surface area (Å²) in [5, 5.41) is 10.4. The molecule has 0 bridgehead atoms. The molecule has 1 fully saturated rings. The Balaban J connectivity index is 1.20. The number of pyridine rings is 1. The normalized spacial score (nSPS) is 14.6. The number of nitrogens with zero attached hydrogens (tertiary/aromatic N) is 3. The van der Waals surface area contributed by atoms with Gasteiger partial charge in [0.1, 0.15) is 5.82 Å². The van der Waals surface area contributed by atoms with Crippen molar-refractivity contribution in [1.82, 2.24) is 9.88 Å². The van der Waals surface area contributed by atoms with Crippen LogP contribution in [0.2, 0.25) is 0 Å². The summed E-state index contributed by atoms with van der Waals surface area (Å²) in [6.07, 6.45) is 0. The van der Waals surface area contributed by atoms with E-state index in [0.717, 1.165) is 55.2 Å². The van der Waals surface area contributed by atoms with Gasteiger partial charge in [-0.2, -0.15) is 0 Å². The number of benzene rings is 3. The minimum absolute atomic E-state index is 0.311. The van der Waals surface area contributed by atoms with Gasteiger partial charge in [0.05, 0.1) is 11.1 Å². The molecule has 5 rings (SSSR count). The Bertz CT molecular complexity index is 1250. The molecule has 0 radical (unpaired) electrons. The first kappa shape index (κ1) is 20.2. The predicted octanol–water partition coefficient (Wildman–Crippen LogP) is 4.92. The second kappa shape index (κ2) is 8.81. The Morgan fingerprint density at radius 3 is 2.38 bits per heavy atom. The van der Waals surface area contributed by atoms with Gasteiger partial charge in [0.2, 0.25) is 0 Å². The molecule has 1 aromatic heterocycles. The van der Waals surface area contributed by atoms with E-state index in [-0.39, 0.29) is 0 Å². The molecule has 0 spiro atoms. The molecule has 160 valence electrons. The van der Waals surface area contributed by atoms with E-state index in [9.17, 15) is 9.90 Å². The SMILES string of the molecule is O=C(O)c1cccc(-c2ccc(CN3CCN(c4ccc5ccccc5n4)CC3)cc2)c1. The van der Waals surface area contributed by atoms with E-state index in [1.54, 1.807) is 18.2 Å². The first-order valence-electron chi connectivity index (χ1n) is 10.9. The Labute approximate surface area is 187 Å². The molecular formula is C27H25N3O2. The zero-order valence-corrected chi connectivity index (χ0v) is 17.8. The van der Waals surface area contributed by atoms with E-state index in [4.69, 9.17) is 4.98 Å². The molecule has 1 aliphatic rings. The number of aromatic carboxylic acids is 1. The molecule has 0 unspecified atom stereocenters. The lowest BCUT2D eigenvalue weighted by Crippen LogP contribution is -2.46. The van der Waals surface area contributed by atoms with Gasteiger partial charge in [-0.15, -0.1) is 0 Å². The van der Waals surface area contributed by atoms with E-state index in [0.29, 0.717) is 5.56 Å². The van der Waals surface area contributed by atoms with Crippen LogP contribution in [-0.4, -0.2) is 47.1 Å². The van der Waals surface area contributed by atoms with Gasteiger partial charge >= 0.3 is 5.97 Å². The lowest BCUT2D eigenvalue weighted by Gasteiger charge is -2.35. The van der Waals surface area contributed by atoms with Crippen LogP contribution in [0.5, 0.6) is 0 Å². The van der Waals surface area contributed by atoms with Crippen molar-refractivity contribution in [2.75, 3.05) is 31.1 Å². The van der Waals surface area contributed by atoms with Gasteiger partial charge in [-0.05, 0) is 47.0 Å². The number of fused-ring (bicyclic) bond motifs is 1. The summed E-state index contributed by atoms with van der Waals surface area (Å²) in [4.78, 5) is 20.9. The second-order valence-electron chi connectivity index (χ2n) is 8.21. The summed E-state index contributed by atoms with van der Waals surface area (Å²) in [6, 6.07) is 28.0. The number of carboxylic acid groups (broad SMARTS) is 1. The molecule has 1 N–H and O–H groups in total. The zero-order chi connectivity index (χ0) is 21.9. The van der Waals surface area contributed by atoms with Crippen molar-refractivity contribution in [2.24, 2.45) is 0 Å². The van der Waals surface area contributed by atoms with Crippen LogP contribution in [-0.2, 0) is 6.54 Å². The molecule has 5 nitrogen and oxygen atoms in total. The molecule has 0 saturated carbocycles. The summed E-state index contributed by atoms with van der Waals surface area (Å²) < 4.78 is 0. The lowest BCUT2D eigenvalue weighted by molar-refractivity contribution is 0.0697. The molecule has 1 saturated heterocycles. The van der Waals surface area contributed by atoms with Gasteiger partial charge in [-0.25, -0.2) is 9.78 Å². The number of carbonyl (C=O) groups is 1. The predicted molar refractivity (Wildman–Crippen MR) is 128 cm³/mol. The lowest BCUT2D eigenvalue weighted by atomic mass is 10.0. The molecule has 4 aromatic rings. The van der Waals surface area contributed by atoms with Crippen molar-refractivity contribution in [3.8, 4) is 11.1 Å². The van der Waals surface area contributed by atoms with Crippen molar-refractivity contribution in [1.29, 1.82) is 0 Å². The molecule has 32 heavy (non-hydrogen) atoms. The smallest absolute Gasteiger partial charge is 0.335 e. The largest absolute Gasteiger partial charge is 0.478 e. The fourth-order valence-corrected chi connectivity index (χ4v) is 4.26. The van der Waals surface area contributed by atoms with Gasteiger partial charge in [-0.3, -0.25) is 4.90 Å². The van der Waals surface area contributed by atoms with Gasteiger partial charge in [0.15, 0.2) is 0 Å². The van der Waals surface area contributed by atoms with E-state index in [1.165, 1.54) is 10.9 Å². The van der Waals surface area contributed by atoms with Crippen molar-refractivity contribution in [2.45, 2.75) is 6.54 Å². The molecule has 0 amide bonds. The number of piperazine rings is 1. The third kappa shape index (κ3) is 4.34. The van der Waals surface area contributed by atoms with Crippen LogP contribution in [0.1, 0.15) is 15.9 Å². The van der Waals surface area contributed by atoms with Gasteiger partial charge < -0.3 is 10.0 Å². The summed E-state index contributed by atoms with van der Waals surface area (Å²) in [7, 11) is 0. The monoisotopic (exact) mass is 423 g/mol. The summed E-state index contributed by atoms with van der Waals surface area (Å²) in [6.45, 7) is 4.83. The number of rotatable bonds is 5.